The van der Waals surface area contributed by atoms with E-state index >= 15 is 0 Å². The lowest BCUT2D eigenvalue weighted by Gasteiger charge is -2.24. The molecular formula is C24H26. The molecule has 0 spiro atoms. The van der Waals surface area contributed by atoms with Gasteiger partial charge in [0.05, 0.1) is 0 Å². The first-order chi connectivity index (χ1) is 11.3. The molecule has 122 valence electrons. The van der Waals surface area contributed by atoms with Crippen molar-refractivity contribution in [2.75, 3.05) is 0 Å². The Morgan fingerprint density at radius 1 is 0.375 bits per heavy atom. The fourth-order valence-corrected chi connectivity index (χ4v) is 4.96. The van der Waals surface area contributed by atoms with Crippen molar-refractivity contribution in [3.63, 3.8) is 0 Å². The number of aryl methyl sites for hydroxylation is 7. The minimum absolute atomic E-state index is 1.39. The predicted octanol–water partition coefficient (Wildman–Crippen LogP) is 7.05. The van der Waals surface area contributed by atoms with Gasteiger partial charge in [-0.2, -0.15) is 0 Å². The predicted molar refractivity (Wildman–Crippen MR) is 108 cm³/mol. The highest BCUT2D eigenvalue weighted by Crippen LogP contribution is 2.45. The van der Waals surface area contributed by atoms with E-state index in [0.29, 0.717) is 0 Å². The van der Waals surface area contributed by atoms with E-state index in [0.717, 1.165) is 0 Å². The first-order valence-corrected chi connectivity index (χ1v) is 8.90. The molecule has 0 nitrogen and oxygen atoms in total. The van der Waals surface area contributed by atoms with Gasteiger partial charge in [0.25, 0.3) is 0 Å². The zero-order valence-corrected chi connectivity index (χ0v) is 16.2. The highest BCUT2D eigenvalue weighted by atomic mass is 14.2. The number of benzene rings is 4. The summed E-state index contributed by atoms with van der Waals surface area (Å²) in [6, 6.07) is 4.77. The molecule has 0 bridgehead atoms. The molecular weight excluding hydrogens is 288 g/mol. The quantitative estimate of drug-likeness (QED) is 0.305. The zero-order chi connectivity index (χ0) is 17.5. The lowest BCUT2D eigenvalue weighted by molar-refractivity contribution is 1.29. The van der Waals surface area contributed by atoms with Crippen LogP contribution in [0, 0.1) is 55.4 Å². The standard InChI is InChI=1S/C24H26/c1-11-9-12(2)20-17(7)18(8)22-16(6)14(4)15(5)21-13(3)10-19(11)23(20)24(21)22/h9-10H,1-8H3. The second-order valence-corrected chi connectivity index (χ2v) is 7.75. The zero-order valence-electron chi connectivity index (χ0n) is 16.2. The highest BCUT2D eigenvalue weighted by Gasteiger charge is 2.21. The number of hydrogen-bond acceptors (Lipinski definition) is 0. The van der Waals surface area contributed by atoms with Crippen molar-refractivity contribution in [2.45, 2.75) is 55.4 Å². The van der Waals surface area contributed by atoms with Crippen molar-refractivity contribution < 1.29 is 0 Å². The molecule has 0 aliphatic rings. The molecule has 0 saturated heterocycles. The van der Waals surface area contributed by atoms with Gasteiger partial charge in [-0.3, -0.25) is 0 Å². The van der Waals surface area contributed by atoms with Gasteiger partial charge in [-0.1, -0.05) is 12.1 Å². The van der Waals surface area contributed by atoms with Gasteiger partial charge >= 0.3 is 0 Å². The lowest BCUT2D eigenvalue weighted by Crippen LogP contribution is -2.01. The average Bonchev–Trinajstić information content (AvgIpc) is 2.52. The molecule has 0 unspecified atom stereocenters. The maximum absolute atomic E-state index is 2.41. The van der Waals surface area contributed by atoms with E-state index in [4.69, 9.17) is 0 Å². The summed E-state index contributed by atoms with van der Waals surface area (Å²) in [5.74, 6) is 0. The van der Waals surface area contributed by atoms with Crippen molar-refractivity contribution in [3.8, 4) is 0 Å². The summed E-state index contributed by atoms with van der Waals surface area (Å²) in [6.07, 6.45) is 0. The van der Waals surface area contributed by atoms with Crippen LogP contribution in [-0.4, -0.2) is 0 Å². The third-order valence-electron chi connectivity index (χ3n) is 6.46. The van der Waals surface area contributed by atoms with Crippen LogP contribution in [0.1, 0.15) is 44.5 Å². The van der Waals surface area contributed by atoms with Crippen LogP contribution in [0.3, 0.4) is 0 Å². The summed E-state index contributed by atoms with van der Waals surface area (Å²) in [7, 11) is 0. The summed E-state index contributed by atoms with van der Waals surface area (Å²) in [4.78, 5) is 0. The molecule has 0 saturated carbocycles. The van der Waals surface area contributed by atoms with E-state index in [1.165, 1.54) is 76.8 Å². The summed E-state index contributed by atoms with van der Waals surface area (Å²) in [6.45, 7) is 18.3. The first kappa shape index (κ1) is 15.4. The molecule has 24 heavy (non-hydrogen) atoms. The highest BCUT2D eigenvalue weighted by molar-refractivity contribution is 6.28. The molecule has 0 atom stereocenters. The monoisotopic (exact) mass is 314 g/mol. The molecule has 0 aliphatic carbocycles. The minimum atomic E-state index is 1.39. The molecule has 0 amide bonds. The Bertz CT molecular complexity index is 1160. The normalized spacial score (nSPS) is 12.2. The van der Waals surface area contributed by atoms with E-state index in [1.54, 1.807) is 0 Å². The Morgan fingerprint density at radius 3 is 1.50 bits per heavy atom. The van der Waals surface area contributed by atoms with E-state index in [2.05, 4.69) is 67.5 Å². The molecule has 4 aromatic carbocycles. The number of hydrogen-bond donors (Lipinski definition) is 0. The maximum atomic E-state index is 2.41. The van der Waals surface area contributed by atoms with Gasteiger partial charge < -0.3 is 0 Å². The van der Waals surface area contributed by atoms with Gasteiger partial charge in [-0.25, -0.2) is 0 Å². The van der Waals surface area contributed by atoms with E-state index in [9.17, 15) is 0 Å². The topological polar surface area (TPSA) is 0 Å². The number of rotatable bonds is 0. The Kier molecular flexibility index (Phi) is 3.04. The van der Waals surface area contributed by atoms with E-state index in [-0.39, 0.29) is 0 Å². The van der Waals surface area contributed by atoms with Crippen molar-refractivity contribution in [1.82, 2.24) is 0 Å². The molecule has 4 aromatic rings. The molecule has 0 N–H and O–H groups in total. The van der Waals surface area contributed by atoms with Crippen molar-refractivity contribution >= 4 is 32.3 Å². The van der Waals surface area contributed by atoms with Crippen LogP contribution in [0.5, 0.6) is 0 Å². The Balaban J connectivity index is 2.58. The summed E-state index contributed by atoms with van der Waals surface area (Å²) < 4.78 is 0. The third-order valence-corrected chi connectivity index (χ3v) is 6.46. The van der Waals surface area contributed by atoms with Crippen LogP contribution < -0.4 is 0 Å². The largest absolute Gasteiger partial charge is 0.0551 e. The molecule has 0 aromatic heterocycles. The summed E-state index contributed by atoms with van der Waals surface area (Å²) >= 11 is 0. The molecule has 0 aliphatic heterocycles. The van der Waals surface area contributed by atoms with Crippen LogP contribution in [0.4, 0.5) is 0 Å². The van der Waals surface area contributed by atoms with Gasteiger partial charge in [-0.05, 0) is 132 Å². The second-order valence-electron chi connectivity index (χ2n) is 7.75. The molecule has 0 radical (unpaired) electrons. The van der Waals surface area contributed by atoms with Crippen LogP contribution in [0.15, 0.2) is 12.1 Å². The van der Waals surface area contributed by atoms with Gasteiger partial charge in [0.15, 0.2) is 0 Å². The van der Waals surface area contributed by atoms with Crippen molar-refractivity contribution in [2.24, 2.45) is 0 Å². The molecule has 0 heteroatoms. The van der Waals surface area contributed by atoms with Crippen LogP contribution >= 0.6 is 0 Å². The SMILES string of the molecule is Cc1c(C)c2c(C)cc3c(C)cc(C)c4c(C)c(C)c(c1C)c2c34. The second kappa shape index (κ2) is 4.72. The fraction of sp³-hybridized carbons (Fsp3) is 0.333. The van der Waals surface area contributed by atoms with Gasteiger partial charge in [-0.15, -0.1) is 0 Å². The Labute approximate surface area is 144 Å². The summed E-state index contributed by atoms with van der Waals surface area (Å²) in [5.41, 5.74) is 11.4. The molecule has 4 rings (SSSR count). The first-order valence-electron chi connectivity index (χ1n) is 8.90. The fourth-order valence-electron chi connectivity index (χ4n) is 4.96. The maximum Gasteiger partial charge on any atom is -0.00155 e. The Morgan fingerprint density at radius 2 is 0.833 bits per heavy atom. The van der Waals surface area contributed by atoms with Gasteiger partial charge in [0.1, 0.15) is 0 Å². The van der Waals surface area contributed by atoms with Crippen molar-refractivity contribution in [1.29, 1.82) is 0 Å². The van der Waals surface area contributed by atoms with Crippen LogP contribution in [0.25, 0.3) is 32.3 Å². The van der Waals surface area contributed by atoms with Gasteiger partial charge in [0.2, 0.25) is 0 Å². The molecule has 0 heterocycles. The Hall–Kier alpha value is -2.08. The van der Waals surface area contributed by atoms with E-state index < -0.39 is 0 Å². The average molecular weight is 314 g/mol. The molecule has 0 fully saturated rings. The lowest BCUT2D eigenvalue weighted by atomic mass is 9.80. The van der Waals surface area contributed by atoms with Crippen LogP contribution in [0.2, 0.25) is 0 Å². The minimum Gasteiger partial charge on any atom is -0.0551 e. The smallest absolute Gasteiger partial charge is 0.00155 e. The van der Waals surface area contributed by atoms with Crippen molar-refractivity contribution in [3.05, 3.63) is 56.6 Å². The van der Waals surface area contributed by atoms with E-state index in [1.807, 2.05) is 0 Å². The van der Waals surface area contributed by atoms with Gasteiger partial charge in [0, 0.05) is 0 Å². The van der Waals surface area contributed by atoms with Crippen LogP contribution in [-0.2, 0) is 0 Å². The third kappa shape index (κ3) is 1.64. The summed E-state index contributed by atoms with van der Waals surface area (Å²) in [5, 5.41) is 8.83.